The molecule has 1 aromatic carbocycles. The molecule has 1 aliphatic heterocycles. The van der Waals surface area contributed by atoms with E-state index >= 15 is 0 Å². The lowest BCUT2D eigenvalue weighted by Gasteiger charge is -2.14. The molecule has 1 nitrogen and oxygen atoms in total. The molecule has 1 aliphatic rings. The average Bonchev–Trinajstić information content (AvgIpc) is 2.82. The molecular weight excluding hydrogens is 251 g/mol. The number of rotatable bonds is 5. The highest BCUT2D eigenvalue weighted by molar-refractivity contribution is 7.17. The molecule has 1 unspecified atom stereocenters. The lowest BCUT2D eigenvalue weighted by Crippen LogP contribution is -2.20. The highest BCUT2D eigenvalue weighted by Gasteiger charge is 2.23. The Morgan fingerprint density at radius 3 is 2.28 bits per heavy atom. The lowest BCUT2D eigenvalue weighted by atomic mass is 10.1. The van der Waals surface area contributed by atoms with Crippen molar-refractivity contribution in [1.82, 2.24) is 4.90 Å². The third kappa shape index (κ3) is 4.00. The Balaban J connectivity index is 1.79. The molecule has 1 heterocycles. The maximum absolute atomic E-state index is 13.0. The smallest absolute Gasteiger partial charge is 0.283 e. The zero-order valence-corrected chi connectivity index (χ0v) is 11.7. The molecule has 4 heteroatoms. The molecule has 2 rings (SSSR count). The van der Waals surface area contributed by atoms with Crippen molar-refractivity contribution in [2.24, 2.45) is 0 Å². The molecule has 0 saturated carbocycles. The molecule has 1 saturated heterocycles. The molecule has 1 aromatic rings. The molecule has 100 valence electrons. The van der Waals surface area contributed by atoms with Gasteiger partial charge in [0.1, 0.15) is 0 Å². The topological polar surface area (TPSA) is 3.24 Å². The minimum Gasteiger partial charge on any atom is -0.303 e. The van der Waals surface area contributed by atoms with E-state index in [9.17, 15) is 8.78 Å². The number of halogens is 2. The van der Waals surface area contributed by atoms with Gasteiger partial charge in [-0.05, 0) is 50.9 Å². The Hall–Kier alpha value is -0.530. The monoisotopic (exact) mass is 271 g/mol. The summed E-state index contributed by atoms with van der Waals surface area (Å²) in [7, 11) is 1.57. The van der Waals surface area contributed by atoms with Gasteiger partial charge < -0.3 is 4.90 Å². The van der Waals surface area contributed by atoms with E-state index in [4.69, 9.17) is 0 Å². The van der Waals surface area contributed by atoms with Crippen molar-refractivity contribution in [3.63, 3.8) is 0 Å². The van der Waals surface area contributed by atoms with E-state index in [2.05, 4.69) is 4.90 Å². The second-order valence-corrected chi connectivity index (χ2v) is 5.70. The minimum atomic E-state index is -2.81. The van der Waals surface area contributed by atoms with Crippen molar-refractivity contribution in [1.29, 1.82) is 0 Å². The van der Waals surface area contributed by atoms with Crippen LogP contribution in [-0.2, 0) is 12.1 Å². The highest BCUT2D eigenvalue weighted by Crippen LogP contribution is 2.34. The van der Waals surface area contributed by atoms with Crippen LogP contribution in [0.1, 0.15) is 30.4 Å². The summed E-state index contributed by atoms with van der Waals surface area (Å²) in [4.78, 5) is 2.48. The average molecular weight is 271 g/mol. The Morgan fingerprint density at radius 2 is 1.72 bits per heavy atom. The number of likely N-dealkylation sites (tertiary alicyclic amines) is 1. The highest BCUT2D eigenvalue weighted by atomic mass is 31.0. The van der Waals surface area contributed by atoms with Crippen LogP contribution in [0.3, 0.4) is 0 Å². The standard InChI is InChI=1S/C14H20F2NP/c15-14(16,18)13-7-5-12(6-8-13)4-3-11-17-9-1-2-10-17/h5-8H,1-4,9-11,18H2. The third-order valence-electron chi connectivity index (χ3n) is 3.48. The van der Waals surface area contributed by atoms with Crippen LogP contribution in [0.25, 0.3) is 0 Å². The van der Waals surface area contributed by atoms with E-state index in [0.717, 1.165) is 24.9 Å². The van der Waals surface area contributed by atoms with Crippen molar-refractivity contribution in [3.8, 4) is 0 Å². The van der Waals surface area contributed by atoms with E-state index < -0.39 is 5.66 Å². The summed E-state index contributed by atoms with van der Waals surface area (Å²) in [6, 6.07) is 6.69. The number of hydrogen-bond acceptors (Lipinski definition) is 1. The number of hydrogen-bond donors (Lipinski definition) is 0. The SMILES string of the molecule is FC(F)(P)c1ccc(CCCN2CCCC2)cc1. The number of alkyl halides is 2. The summed E-state index contributed by atoms with van der Waals surface area (Å²) in [5, 5.41) is 0. The van der Waals surface area contributed by atoms with Crippen LogP contribution in [0.4, 0.5) is 8.78 Å². The zero-order valence-electron chi connectivity index (χ0n) is 10.5. The quantitative estimate of drug-likeness (QED) is 0.739. The van der Waals surface area contributed by atoms with Gasteiger partial charge in [0.2, 0.25) is 0 Å². The maximum atomic E-state index is 13.0. The van der Waals surface area contributed by atoms with Crippen molar-refractivity contribution in [2.45, 2.75) is 31.3 Å². The molecule has 0 amide bonds. The van der Waals surface area contributed by atoms with Gasteiger partial charge in [-0.3, -0.25) is 0 Å². The van der Waals surface area contributed by atoms with Crippen LogP contribution in [0.15, 0.2) is 24.3 Å². The Bertz CT molecular complexity index is 366. The fourth-order valence-electron chi connectivity index (χ4n) is 2.41. The Labute approximate surface area is 110 Å². The van der Waals surface area contributed by atoms with E-state index in [1.54, 1.807) is 9.24 Å². The molecule has 0 N–H and O–H groups in total. The first-order valence-corrected chi connectivity index (χ1v) is 7.12. The van der Waals surface area contributed by atoms with Crippen LogP contribution in [0.5, 0.6) is 0 Å². The number of nitrogens with zero attached hydrogens (tertiary/aromatic N) is 1. The summed E-state index contributed by atoms with van der Waals surface area (Å²) in [6.45, 7) is 3.57. The van der Waals surface area contributed by atoms with Gasteiger partial charge in [0.25, 0.3) is 5.66 Å². The Kier molecular flexibility index (Phi) is 4.69. The van der Waals surface area contributed by atoms with Gasteiger partial charge >= 0.3 is 0 Å². The second kappa shape index (κ2) is 6.08. The van der Waals surface area contributed by atoms with E-state index in [1.807, 2.05) is 12.1 Å². The van der Waals surface area contributed by atoms with Crippen LogP contribution >= 0.6 is 9.24 Å². The van der Waals surface area contributed by atoms with E-state index in [1.165, 1.54) is 38.1 Å². The van der Waals surface area contributed by atoms with Crippen molar-refractivity contribution < 1.29 is 8.78 Å². The zero-order chi connectivity index (χ0) is 13.0. The van der Waals surface area contributed by atoms with Gasteiger partial charge in [0.05, 0.1) is 0 Å². The molecule has 1 fully saturated rings. The fourth-order valence-corrected chi connectivity index (χ4v) is 2.60. The first-order chi connectivity index (χ1) is 8.55. The molecule has 0 bridgehead atoms. The lowest BCUT2D eigenvalue weighted by molar-refractivity contribution is 0.104. The normalized spacial score (nSPS) is 17.3. The fraction of sp³-hybridized carbons (Fsp3) is 0.571. The second-order valence-electron chi connectivity index (χ2n) is 4.97. The van der Waals surface area contributed by atoms with Gasteiger partial charge in [-0.1, -0.05) is 33.5 Å². The summed E-state index contributed by atoms with van der Waals surface area (Å²) >= 11 is 0. The van der Waals surface area contributed by atoms with Crippen LogP contribution in [0.2, 0.25) is 0 Å². The molecule has 0 aromatic heterocycles. The summed E-state index contributed by atoms with van der Waals surface area (Å²) in [5.74, 6) is 0. The van der Waals surface area contributed by atoms with E-state index in [-0.39, 0.29) is 5.56 Å². The predicted octanol–water partition coefficient (Wildman–Crippen LogP) is 3.64. The maximum Gasteiger partial charge on any atom is 0.283 e. The van der Waals surface area contributed by atoms with Crippen molar-refractivity contribution in [2.75, 3.05) is 19.6 Å². The van der Waals surface area contributed by atoms with Crippen LogP contribution in [0, 0.1) is 0 Å². The van der Waals surface area contributed by atoms with Gasteiger partial charge in [-0.15, -0.1) is 0 Å². The Morgan fingerprint density at radius 1 is 1.11 bits per heavy atom. The first kappa shape index (κ1) is 13.9. The predicted molar refractivity (Wildman–Crippen MR) is 74.0 cm³/mol. The number of benzene rings is 1. The van der Waals surface area contributed by atoms with E-state index in [0.29, 0.717) is 0 Å². The van der Waals surface area contributed by atoms with Crippen LogP contribution in [-0.4, -0.2) is 24.5 Å². The molecule has 1 atom stereocenters. The van der Waals surface area contributed by atoms with Gasteiger partial charge in [0.15, 0.2) is 0 Å². The summed E-state index contributed by atoms with van der Waals surface area (Å²) in [5.41, 5.74) is -1.60. The minimum absolute atomic E-state index is 0.0655. The van der Waals surface area contributed by atoms with Gasteiger partial charge in [0, 0.05) is 5.56 Å². The van der Waals surface area contributed by atoms with Crippen molar-refractivity contribution in [3.05, 3.63) is 35.4 Å². The molecular formula is C14H20F2NP. The summed E-state index contributed by atoms with van der Waals surface area (Å²) < 4.78 is 26.0. The van der Waals surface area contributed by atoms with Gasteiger partial charge in [-0.25, -0.2) is 0 Å². The largest absolute Gasteiger partial charge is 0.303 e. The first-order valence-electron chi connectivity index (χ1n) is 6.54. The molecule has 0 aliphatic carbocycles. The molecule has 0 radical (unpaired) electrons. The summed E-state index contributed by atoms with van der Waals surface area (Å²) in [6.07, 6.45) is 4.71. The number of aryl methyl sites for hydroxylation is 1. The molecule has 18 heavy (non-hydrogen) atoms. The van der Waals surface area contributed by atoms with Crippen molar-refractivity contribution >= 4 is 9.24 Å². The van der Waals surface area contributed by atoms with Crippen LogP contribution < -0.4 is 0 Å². The van der Waals surface area contributed by atoms with Gasteiger partial charge in [-0.2, -0.15) is 8.78 Å². The molecule has 0 spiro atoms. The third-order valence-corrected chi connectivity index (χ3v) is 3.81.